The number of hydrogen-bond acceptors (Lipinski definition) is 5. The molecule has 1 fully saturated rings. The maximum absolute atomic E-state index is 15.0. The van der Waals surface area contributed by atoms with E-state index in [0.29, 0.717) is 41.7 Å². The molecule has 3 aromatic heterocycles. The molecule has 0 bridgehead atoms. The number of anilines is 1. The van der Waals surface area contributed by atoms with E-state index in [1.807, 2.05) is 0 Å². The topological polar surface area (TPSA) is 93.0 Å². The molecular formula is C30H29F3N6O2. The Kier molecular flexibility index (Phi) is 7.87. The van der Waals surface area contributed by atoms with Gasteiger partial charge in [0.25, 0.3) is 11.8 Å². The second kappa shape index (κ2) is 11.5. The first-order valence-corrected chi connectivity index (χ1v) is 13.4. The van der Waals surface area contributed by atoms with Crippen LogP contribution >= 0.6 is 0 Å². The average molecular weight is 563 g/mol. The van der Waals surface area contributed by atoms with Crippen molar-refractivity contribution in [3.05, 3.63) is 84.6 Å². The van der Waals surface area contributed by atoms with Crippen LogP contribution in [-0.4, -0.2) is 49.6 Å². The maximum Gasteiger partial charge on any atom is 0.273 e. The summed E-state index contributed by atoms with van der Waals surface area (Å²) in [6.07, 6.45) is 6.66. The number of likely N-dealkylation sites (tertiary alicyclic amines) is 1. The van der Waals surface area contributed by atoms with Gasteiger partial charge in [-0.15, -0.1) is 0 Å². The predicted octanol–water partition coefficient (Wildman–Crippen LogP) is 6.13. The van der Waals surface area contributed by atoms with Crippen LogP contribution in [-0.2, 0) is 10.7 Å². The molecule has 0 saturated carbocycles. The van der Waals surface area contributed by atoms with Crippen LogP contribution in [0.1, 0.15) is 54.6 Å². The number of aromatic nitrogens is 4. The van der Waals surface area contributed by atoms with Gasteiger partial charge in [0.1, 0.15) is 17.0 Å². The van der Waals surface area contributed by atoms with Crippen molar-refractivity contribution in [2.75, 3.05) is 18.4 Å². The minimum atomic E-state index is -3.02. The van der Waals surface area contributed by atoms with Crippen molar-refractivity contribution in [3.63, 3.8) is 0 Å². The van der Waals surface area contributed by atoms with Crippen molar-refractivity contribution in [2.24, 2.45) is 0 Å². The predicted molar refractivity (Wildman–Crippen MR) is 149 cm³/mol. The molecule has 0 spiro atoms. The van der Waals surface area contributed by atoms with E-state index in [9.17, 15) is 18.4 Å². The highest BCUT2D eigenvalue weighted by Gasteiger charge is 2.31. The van der Waals surface area contributed by atoms with E-state index in [1.165, 1.54) is 24.4 Å². The molecule has 5 rings (SSSR count). The smallest absolute Gasteiger partial charge is 0.273 e. The van der Waals surface area contributed by atoms with Crippen molar-refractivity contribution < 1.29 is 22.8 Å². The minimum Gasteiger partial charge on any atom is -0.337 e. The normalized spacial score (nSPS) is 15.6. The van der Waals surface area contributed by atoms with E-state index in [1.54, 1.807) is 47.0 Å². The second-order valence-electron chi connectivity index (χ2n) is 10.0. The Labute approximate surface area is 234 Å². The number of hydrogen-bond donors (Lipinski definition) is 1. The number of nitrogens with one attached hydrogen (secondary N) is 1. The van der Waals surface area contributed by atoms with Gasteiger partial charge < -0.3 is 10.2 Å². The van der Waals surface area contributed by atoms with Crippen LogP contribution in [0.2, 0.25) is 0 Å². The summed E-state index contributed by atoms with van der Waals surface area (Å²) >= 11 is 0. The molecule has 1 atom stereocenters. The lowest BCUT2D eigenvalue weighted by molar-refractivity contribution is -0.127. The number of pyridine rings is 2. The lowest BCUT2D eigenvalue weighted by atomic mass is 10.0. The molecule has 8 nitrogen and oxygen atoms in total. The Hall–Kier alpha value is -4.54. The number of benzene rings is 1. The van der Waals surface area contributed by atoms with Gasteiger partial charge in [-0.1, -0.05) is 32.1 Å². The highest BCUT2D eigenvalue weighted by atomic mass is 19.3. The van der Waals surface area contributed by atoms with Crippen LogP contribution in [0.4, 0.5) is 19.0 Å². The number of fused-ring (bicyclic) bond motifs is 1. The Morgan fingerprint density at radius 3 is 2.71 bits per heavy atom. The van der Waals surface area contributed by atoms with Gasteiger partial charge in [-0.3, -0.25) is 19.3 Å². The fourth-order valence-electron chi connectivity index (χ4n) is 5.16. The largest absolute Gasteiger partial charge is 0.337 e. The fourth-order valence-corrected chi connectivity index (χ4v) is 5.16. The third-order valence-corrected chi connectivity index (χ3v) is 7.20. The third kappa shape index (κ3) is 5.70. The van der Waals surface area contributed by atoms with E-state index in [0.717, 1.165) is 19.0 Å². The van der Waals surface area contributed by atoms with Gasteiger partial charge in [0.15, 0.2) is 5.82 Å². The first-order chi connectivity index (χ1) is 19.7. The average Bonchev–Trinajstić information content (AvgIpc) is 3.38. The molecule has 1 N–H and O–H groups in total. The number of carbonyl (C=O) groups excluding carboxylic acids is 2. The zero-order valence-electron chi connectivity index (χ0n) is 22.5. The number of halogens is 3. The number of alkyl halides is 2. The molecule has 2 amide bonds. The summed E-state index contributed by atoms with van der Waals surface area (Å²) in [6.45, 7) is 6.21. The van der Waals surface area contributed by atoms with Gasteiger partial charge >= 0.3 is 0 Å². The first-order valence-electron chi connectivity index (χ1n) is 13.4. The molecule has 212 valence electrons. The molecule has 1 aromatic carbocycles. The van der Waals surface area contributed by atoms with Gasteiger partial charge in [-0.05, 0) is 43.2 Å². The van der Waals surface area contributed by atoms with E-state index in [-0.39, 0.29) is 35.3 Å². The summed E-state index contributed by atoms with van der Waals surface area (Å²) in [5, 5.41) is 7.82. The van der Waals surface area contributed by atoms with Crippen LogP contribution in [0.3, 0.4) is 0 Å². The molecule has 1 aliphatic rings. The van der Waals surface area contributed by atoms with E-state index in [2.05, 4.69) is 21.9 Å². The van der Waals surface area contributed by atoms with Gasteiger partial charge in [0.2, 0.25) is 5.91 Å². The monoisotopic (exact) mass is 562 g/mol. The zero-order chi connectivity index (χ0) is 29.1. The van der Waals surface area contributed by atoms with Crippen molar-refractivity contribution >= 4 is 28.5 Å². The van der Waals surface area contributed by atoms with Crippen molar-refractivity contribution in [2.45, 2.75) is 44.6 Å². The fraction of sp³-hybridized carbons (Fsp3) is 0.300. The van der Waals surface area contributed by atoms with Gasteiger partial charge in [0, 0.05) is 54.0 Å². The van der Waals surface area contributed by atoms with Crippen LogP contribution < -0.4 is 5.32 Å². The van der Waals surface area contributed by atoms with Gasteiger partial charge in [0.05, 0.1) is 12.2 Å². The summed E-state index contributed by atoms with van der Waals surface area (Å²) in [6, 6.07) is 8.69. The van der Waals surface area contributed by atoms with Crippen LogP contribution in [0.15, 0.2) is 67.6 Å². The Balaban J connectivity index is 1.40. The van der Waals surface area contributed by atoms with E-state index >= 15 is 4.39 Å². The van der Waals surface area contributed by atoms with Crippen LogP contribution in [0, 0.1) is 5.82 Å². The minimum absolute atomic E-state index is 0.0232. The Bertz CT molecular complexity index is 1600. The molecule has 4 aromatic rings. The first kappa shape index (κ1) is 28.0. The summed E-state index contributed by atoms with van der Waals surface area (Å²) in [5.74, 6) is -4.22. The third-order valence-electron chi connectivity index (χ3n) is 7.20. The molecule has 0 unspecified atom stereocenters. The van der Waals surface area contributed by atoms with Crippen molar-refractivity contribution in [1.29, 1.82) is 0 Å². The molecular weight excluding hydrogens is 533 g/mol. The standard InChI is InChI=1S/C30H29F3N6O2/c1-3-12-30(32,33)21-11-13-35-25(15-21)36-29(41)20-9-7-19(8-10-20)27-23-16-34-17-24(31)28(23)39(37-27)22-6-5-14-38(18-22)26(40)4-2/h4,7-11,13,15-17,22H,2-3,5-6,12,14,18H2,1H3,(H,35,36,41)/t22-/m1/s1. The van der Waals surface area contributed by atoms with E-state index in [4.69, 9.17) is 5.10 Å². The number of piperidine rings is 1. The quantitative estimate of drug-likeness (QED) is 0.261. The SMILES string of the molecule is C=CC(=O)N1CCC[C@@H](n2nc(-c3ccc(C(=O)Nc4cc(C(F)(F)CCC)ccn4)cc3)c3cncc(F)c32)C1. The Morgan fingerprint density at radius 2 is 1.98 bits per heavy atom. The zero-order valence-corrected chi connectivity index (χ0v) is 22.5. The number of rotatable bonds is 8. The summed E-state index contributed by atoms with van der Waals surface area (Å²) in [4.78, 5) is 34.8. The molecule has 4 heterocycles. The molecule has 0 aliphatic carbocycles. The van der Waals surface area contributed by atoms with Crippen molar-refractivity contribution in [3.8, 4) is 11.3 Å². The molecule has 11 heteroatoms. The van der Waals surface area contributed by atoms with Crippen LogP contribution in [0.5, 0.6) is 0 Å². The second-order valence-corrected chi connectivity index (χ2v) is 10.0. The number of amides is 2. The van der Waals surface area contributed by atoms with Gasteiger partial charge in [-0.25, -0.2) is 18.2 Å². The molecule has 1 aliphatic heterocycles. The highest BCUT2D eigenvalue weighted by Crippen LogP contribution is 2.35. The van der Waals surface area contributed by atoms with E-state index < -0.39 is 17.6 Å². The molecule has 1 saturated heterocycles. The highest BCUT2D eigenvalue weighted by molar-refractivity contribution is 6.04. The molecule has 0 radical (unpaired) electrons. The lowest BCUT2D eigenvalue weighted by Gasteiger charge is -2.32. The van der Waals surface area contributed by atoms with Crippen LogP contribution in [0.25, 0.3) is 22.2 Å². The Morgan fingerprint density at radius 1 is 1.20 bits per heavy atom. The summed E-state index contributed by atoms with van der Waals surface area (Å²) < 4.78 is 45.3. The number of nitrogens with zero attached hydrogens (tertiary/aromatic N) is 5. The van der Waals surface area contributed by atoms with Crippen molar-refractivity contribution in [1.82, 2.24) is 24.6 Å². The summed E-state index contributed by atoms with van der Waals surface area (Å²) in [7, 11) is 0. The summed E-state index contributed by atoms with van der Waals surface area (Å²) in [5.41, 5.74) is 1.48. The van der Waals surface area contributed by atoms with Gasteiger partial charge in [-0.2, -0.15) is 5.10 Å². The lowest BCUT2D eigenvalue weighted by Crippen LogP contribution is -2.40. The maximum atomic E-state index is 15.0. The molecule has 41 heavy (non-hydrogen) atoms. The number of carbonyl (C=O) groups is 2.